The summed E-state index contributed by atoms with van der Waals surface area (Å²) in [5.41, 5.74) is 0.930. The lowest BCUT2D eigenvalue weighted by Gasteiger charge is -2.09. The molecule has 112 valence electrons. The summed E-state index contributed by atoms with van der Waals surface area (Å²) in [5.74, 6) is -0.268. The lowest BCUT2D eigenvalue weighted by Crippen LogP contribution is -2.06. The number of carbonyl (C=O) groups is 1. The van der Waals surface area contributed by atoms with Gasteiger partial charge < -0.3 is 4.84 Å². The molecule has 20 heavy (non-hydrogen) atoms. The first kappa shape index (κ1) is 16.7. The smallest absolute Gasteiger partial charge is 0.319 e. The minimum absolute atomic E-state index is 0.110. The molecule has 0 aliphatic heterocycles. The van der Waals surface area contributed by atoms with Crippen LogP contribution in [0.25, 0.3) is 0 Å². The Balaban J connectivity index is 2.55. The van der Waals surface area contributed by atoms with Crippen LogP contribution in [0.15, 0.2) is 5.16 Å². The second kappa shape index (κ2) is 10.4. The summed E-state index contributed by atoms with van der Waals surface area (Å²) in [5, 5.41) is 13.1. The average Bonchev–Trinajstić information content (AvgIpc) is 2.45. The van der Waals surface area contributed by atoms with Crippen LogP contribution in [0.2, 0.25) is 0 Å². The summed E-state index contributed by atoms with van der Waals surface area (Å²) in [6, 6.07) is 2.39. The minimum Gasteiger partial charge on any atom is -0.319 e. The highest BCUT2D eigenvalue weighted by atomic mass is 16.7. The van der Waals surface area contributed by atoms with E-state index in [1.54, 1.807) is 0 Å². The van der Waals surface area contributed by atoms with E-state index < -0.39 is 0 Å². The zero-order valence-electron chi connectivity index (χ0n) is 12.6. The average molecular weight is 278 g/mol. The Kier molecular flexibility index (Phi) is 8.69. The molecule has 0 saturated heterocycles. The molecule has 1 aliphatic carbocycles. The zero-order valence-corrected chi connectivity index (χ0v) is 12.6. The third-order valence-corrected chi connectivity index (χ3v) is 3.79. The van der Waals surface area contributed by atoms with Crippen molar-refractivity contribution in [2.45, 2.75) is 77.6 Å². The van der Waals surface area contributed by atoms with Crippen LogP contribution in [0.3, 0.4) is 0 Å². The fourth-order valence-electron chi connectivity index (χ4n) is 2.56. The van der Waals surface area contributed by atoms with Gasteiger partial charge in [-0.15, -0.1) is 0 Å². The predicted molar refractivity (Wildman–Crippen MR) is 79.1 cm³/mol. The highest BCUT2D eigenvalue weighted by Gasteiger charge is 2.11. The molecule has 0 N–H and O–H groups in total. The quantitative estimate of drug-likeness (QED) is 0.529. The van der Waals surface area contributed by atoms with Gasteiger partial charge in [0.2, 0.25) is 0 Å². The van der Waals surface area contributed by atoms with Gasteiger partial charge in [0.1, 0.15) is 0 Å². The Labute approximate surface area is 122 Å². The van der Waals surface area contributed by atoms with Crippen molar-refractivity contribution in [2.24, 2.45) is 11.1 Å². The van der Waals surface area contributed by atoms with E-state index >= 15 is 0 Å². The van der Waals surface area contributed by atoms with Gasteiger partial charge in [-0.2, -0.15) is 5.26 Å². The van der Waals surface area contributed by atoms with Crippen LogP contribution in [0.5, 0.6) is 0 Å². The van der Waals surface area contributed by atoms with E-state index in [1.165, 1.54) is 39.0 Å². The molecule has 0 heterocycles. The highest BCUT2D eigenvalue weighted by molar-refractivity contribution is 5.84. The zero-order chi connectivity index (χ0) is 14.6. The van der Waals surface area contributed by atoms with Crippen molar-refractivity contribution in [1.29, 1.82) is 5.26 Å². The van der Waals surface area contributed by atoms with Crippen molar-refractivity contribution >= 4 is 11.7 Å². The van der Waals surface area contributed by atoms with Crippen molar-refractivity contribution in [1.82, 2.24) is 0 Å². The van der Waals surface area contributed by atoms with Crippen LogP contribution in [0.4, 0.5) is 0 Å². The third-order valence-electron chi connectivity index (χ3n) is 3.79. The van der Waals surface area contributed by atoms with Crippen LogP contribution >= 0.6 is 0 Å². The molecule has 0 radical (unpaired) electrons. The first-order chi connectivity index (χ1) is 9.72. The third kappa shape index (κ3) is 7.93. The van der Waals surface area contributed by atoms with Crippen LogP contribution in [-0.4, -0.2) is 11.7 Å². The topological polar surface area (TPSA) is 62.4 Å². The molecule has 0 amide bonds. The van der Waals surface area contributed by atoms with E-state index in [4.69, 9.17) is 4.84 Å². The van der Waals surface area contributed by atoms with E-state index in [0.717, 1.165) is 44.2 Å². The molecule has 1 saturated carbocycles. The molecular formula is C16H26N2O2. The Bertz CT molecular complexity index is 358. The van der Waals surface area contributed by atoms with Gasteiger partial charge in [0.25, 0.3) is 0 Å². The number of nitrogens with zero attached hydrogens (tertiary/aromatic N) is 2. The van der Waals surface area contributed by atoms with E-state index in [1.807, 2.05) is 0 Å². The standard InChI is InChI=1S/C16H26N2O2/c1-14(19)20-18-16-10-8-6-4-2-3-5-7-9-15(13-17)11-12-16/h15H,2-12H2,1H3. The molecule has 1 rings (SSSR count). The molecule has 1 aliphatic rings. The monoisotopic (exact) mass is 278 g/mol. The van der Waals surface area contributed by atoms with Crippen molar-refractivity contribution in [3.05, 3.63) is 0 Å². The lowest BCUT2D eigenvalue weighted by atomic mass is 9.95. The molecular weight excluding hydrogens is 252 g/mol. The van der Waals surface area contributed by atoms with Gasteiger partial charge in [-0.05, 0) is 32.1 Å². The summed E-state index contributed by atoms with van der Waals surface area (Å²) in [7, 11) is 0. The van der Waals surface area contributed by atoms with E-state index in [2.05, 4.69) is 11.2 Å². The van der Waals surface area contributed by atoms with Gasteiger partial charge in [0.15, 0.2) is 0 Å². The minimum atomic E-state index is -0.378. The Morgan fingerprint density at radius 2 is 1.75 bits per heavy atom. The fraction of sp³-hybridized carbons (Fsp3) is 0.812. The Morgan fingerprint density at radius 1 is 1.10 bits per heavy atom. The lowest BCUT2D eigenvalue weighted by molar-refractivity contribution is -0.140. The molecule has 0 aromatic heterocycles. The molecule has 0 spiro atoms. The molecule has 1 unspecified atom stereocenters. The van der Waals surface area contributed by atoms with Gasteiger partial charge in [-0.3, -0.25) is 0 Å². The van der Waals surface area contributed by atoms with Gasteiger partial charge >= 0.3 is 5.97 Å². The summed E-state index contributed by atoms with van der Waals surface area (Å²) in [6.07, 6.45) is 12.0. The maximum atomic E-state index is 10.8. The van der Waals surface area contributed by atoms with Crippen molar-refractivity contribution in [2.75, 3.05) is 0 Å². The van der Waals surface area contributed by atoms with E-state index in [9.17, 15) is 10.1 Å². The molecule has 4 heteroatoms. The SMILES string of the molecule is CC(=O)ON=C1CCCCCCCCCC(C#N)CC1. The number of hydrogen-bond donors (Lipinski definition) is 0. The summed E-state index contributed by atoms with van der Waals surface area (Å²) in [4.78, 5) is 15.6. The molecule has 1 fully saturated rings. The summed E-state index contributed by atoms with van der Waals surface area (Å²) in [6.45, 7) is 1.36. The largest absolute Gasteiger partial charge is 0.331 e. The summed E-state index contributed by atoms with van der Waals surface area (Å²) >= 11 is 0. The first-order valence-corrected chi connectivity index (χ1v) is 7.85. The molecule has 1 atom stereocenters. The second-order valence-corrected chi connectivity index (χ2v) is 5.62. The highest BCUT2D eigenvalue weighted by Crippen LogP contribution is 2.19. The number of oxime groups is 1. The van der Waals surface area contributed by atoms with E-state index in [0.29, 0.717) is 0 Å². The number of nitriles is 1. The number of hydrogen-bond acceptors (Lipinski definition) is 4. The summed E-state index contributed by atoms with van der Waals surface area (Å²) < 4.78 is 0. The maximum Gasteiger partial charge on any atom is 0.331 e. The van der Waals surface area contributed by atoms with Crippen molar-refractivity contribution < 1.29 is 9.63 Å². The van der Waals surface area contributed by atoms with Crippen molar-refractivity contribution in [3.63, 3.8) is 0 Å². The maximum absolute atomic E-state index is 10.8. The Hall–Kier alpha value is -1.37. The second-order valence-electron chi connectivity index (χ2n) is 5.62. The molecule has 4 nitrogen and oxygen atoms in total. The molecule has 0 bridgehead atoms. The predicted octanol–water partition coefficient (Wildman–Crippen LogP) is 4.35. The van der Waals surface area contributed by atoms with Crippen LogP contribution < -0.4 is 0 Å². The van der Waals surface area contributed by atoms with Gasteiger partial charge in [-0.1, -0.05) is 43.7 Å². The number of rotatable bonds is 1. The van der Waals surface area contributed by atoms with Crippen LogP contribution in [0.1, 0.15) is 77.6 Å². The van der Waals surface area contributed by atoms with Gasteiger partial charge in [0.05, 0.1) is 11.8 Å². The van der Waals surface area contributed by atoms with Gasteiger partial charge in [0, 0.05) is 12.8 Å². The van der Waals surface area contributed by atoms with Gasteiger partial charge in [-0.25, -0.2) is 4.79 Å². The number of carbonyl (C=O) groups excluding carboxylic acids is 1. The fourth-order valence-corrected chi connectivity index (χ4v) is 2.56. The Morgan fingerprint density at radius 3 is 2.40 bits per heavy atom. The molecule has 0 aromatic rings. The molecule has 0 aromatic carbocycles. The van der Waals surface area contributed by atoms with E-state index in [-0.39, 0.29) is 11.9 Å². The van der Waals surface area contributed by atoms with Crippen LogP contribution in [0, 0.1) is 17.2 Å². The van der Waals surface area contributed by atoms with Crippen molar-refractivity contribution in [3.8, 4) is 6.07 Å². The first-order valence-electron chi connectivity index (χ1n) is 7.85. The normalized spacial score (nSPS) is 24.8. The van der Waals surface area contributed by atoms with Crippen LogP contribution in [-0.2, 0) is 9.63 Å².